The Labute approximate surface area is 621 Å². The topological polar surface area (TPSA) is 61.7 Å². The van der Waals surface area contributed by atoms with Gasteiger partial charge in [0.2, 0.25) is 0 Å². The van der Waals surface area contributed by atoms with Gasteiger partial charge in [-0.1, -0.05) is 303 Å². The molecule has 0 aliphatic heterocycles. The van der Waals surface area contributed by atoms with Gasteiger partial charge >= 0.3 is 0 Å². The van der Waals surface area contributed by atoms with Crippen molar-refractivity contribution in [2.24, 2.45) is 0 Å². The first-order valence-corrected chi connectivity index (χ1v) is 38.7. The van der Waals surface area contributed by atoms with Gasteiger partial charge in [-0.15, -0.1) is 0 Å². The molecule has 0 radical (unpaired) electrons. The molecule has 0 atom stereocenters. The molecule has 6 heteroatoms. The molecule has 0 saturated heterocycles. The van der Waals surface area contributed by atoms with Gasteiger partial charge in [-0.3, -0.25) is 0 Å². The van der Waals surface area contributed by atoms with Crippen molar-refractivity contribution in [2.45, 2.75) is 123 Å². The number of fused-ring (bicyclic) bond motifs is 13. The van der Waals surface area contributed by atoms with Crippen LogP contribution >= 0.6 is 0 Å². The van der Waals surface area contributed by atoms with Gasteiger partial charge in [-0.2, -0.15) is 0 Å². The molecule has 0 fully saturated rings. The smallest absolute Gasteiger partial charge is 0.164 e. The molecule has 1 aliphatic rings. The zero-order chi connectivity index (χ0) is 71.2. The quantitative estimate of drug-likeness (QED) is 0.0599. The maximum atomic E-state index is 6.95. The summed E-state index contributed by atoms with van der Waals surface area (Å²) in [6.07, 6.45) is 17.7. The van der Waals surface area contributed by atoms with Gasteiger partial charge in [-0.25, -0.2) is 15.0 Å². The summed E-state index contributed by atoms with van der Waals surface area (Å²) in [5.74, 6) is 1.85. The highest BCUT2D eigenvalue weighted by Gasteiger charge is 2.43. The number of hydrogen-bond donors (Lipinski definition) is 0. The van der Waals surface area contributed by atoms with Crippen molar-refractivity contribution < 1.29 is 4.42 Å². The standard InChI is InChI=1S/C100H87N5O/c1-5-7-9-11-13-25-56-100(57-26-14-12-10-8-6-2)89-64-75(70-44-42-69(43-45-70)68-40-38-66(3)39-41-68)46-50-81(89)82-51-47-76(65-90(82)100)78-58-67(4)59-80(61-78)104-91-36-23-21-34-83(91)87-62-73(48-54-92(87)104)74-49-55-93-88(63-74)85-52-53-86-84-35-22-24-37-94(84)106-96(86)95(85)105(93)79-33-27-32-77(60-79)99-102-97(71-28-17-15-18-29-71)101-98(103-99)72-30-19-16-20-31-72/h15-24,27-55,58-65H,5-14,25-26,56-57H2,1-4H3. The molecule has 0 spiro atoms. The Morgan fingerprint density at radius 2 is 0.755 bits per heavy atom. The van der Waals surface area contributed by atoms with Gasteiger partial charge in [0.15, 0.2) is 23.1 Å². The van der Waals surface area contributed by atoms with E-state index >= 15 is 0 Å². The Bertz CT molecular complexity index is 6060. The molecule has 0 bridgehead atoms. The summed E-state index contributed by atoms with van der Waals surface area (Å²) in [4.78, 5) is 15.4. The molecule has 106 heavy (non-hydrogen) atoms. The van der Waals surface area contributed by atoms with Gasteiger partial charge in [0.25, 0.3) is 0 Å². The second kappa shape index (κ2) is 28.4. The predicted octanol–water partition coefficient (Wildman–Crippen LogP) is 28.0. The van der Waals surface area contributed by atoms with Gasteiger partial charge in [0.05, 0.1) is 22.1 Å². The highest BCUT2D eigenvalue weighted by molar-refractivity contribution is 6.22. The van der Waals surface area contributed by atoms with E-state index in [1.54, 1.807) is 0 Å². The minimum Gasteiger partial charge on any atom is -0.454 e. The summed E-state index contributed by atoms with van der Waals surface area (Å²) in [6, 6.07) is 105. The molecular weight excluding hydrogens is 1290 g/mol. The Kier molecular flexibility index (Phi) is 17.7. The van der Waals surface area contributed by atoms with Crippen LogP contribution < -0.4 is 0 Å². The number of benzene rings is 13. The molecule has 4 heterocycles. The third kappa shape index (κ3) is 12.2. The van der Waals surface area contributed by atoms with Crippen molar-refractivity contribution in [3.63, 3.8) is 0 Å². The summed E-state index contributed by atoms with van der Waals surface area (Å²) in [6.45, 7) is 9.10. The number of aryl methyl sites for hydroxylation is 2. The van der Waals surface area contributed by atoms with Gasteiger partial charge < -0.3 is 13.6 Å². The minimum atomic E-state index is -0.0983. The fourth-order valence-corrected chi connectivity index (χ4v) is 17.5. The lowest BCUT2D eigenvalue weighted by Gasteiger charge is -2.33. The Morgan fingerprint density at radius 1 is 0.292 bits per heavy atom. The van der Waals surface area contributed by atoms with E-state index < -0.39 is 0 Å². The molecule has 18 rings (SSSR count). The van der Waals surface area contributed by atoms with E-state index in [1.807, 2.05) is 36.4 Å². The minimum absolute atomic E-state index is 0.0983. The highest BCUT2D eigenvalue weighted by Crippen LogP contribution is 2.56. The van der Waals surface area contributed by atoms with E-state index in [9.17, 15) is 0 Å². The Hall–Kier alpha value is -11.7. The first-order valence-electron chi connectivity index (χ1n) is 38.7. The van der Waals surface area contributed by atoms with Crippen LogP contribution in [0.25, 0.3) is 167 Å². The third-order valence-electron chi connectivity index (χ3n) is 22.9. The van der Waals surface area contributed by atoms with Crippen molar-refractivity contribution in [3.8, 4) is 101 Å². The lowest BCUT2D eigenvalue weighted by Crippen LogP contribution is -2.25. The molecular formula is C100H87N5O. The number of unbranched alkanes of at least 4 members (excludes halogenated alkanes) is 10. The Morgan fingerprint density at radius 3 is 1.39 bits per heavy atom. The van der Waals surface area contributed by atoms with Gasteiger partial charge in [0, 0.05) is 65.8 Å². The molecule has 518 valence electrons. The van der Waals surface area contributed by atoms with Crippen molar-refractivity contribution >= 4 is 65.6 Å². The van der Waals surface area contributed by atoms with Crippen LogP contribution in [-0.4, -0.2) is 24.1 Å². The number of rotatable bonds is 23. The lowest BCUT2D eigenvalue weighted by atomic mass is 9.70. The van der Waals surface area contributed by atoms with Crippen LogP contribution in [0.4, 0.5) is 0 Å². The Balaban J connectivity index is 0.727. The van der Waals surface area contributed by atoms with Crippen molar-refractivity contribution in [1.82, 2.24) is 24.1 Å². The van der Waals surface area contributed by atoms with Crippen LogP contribution in [0.1, 0.15) is 126 Å². The van der Waals surface area contributed by atoms with Crippen LogP contribution in [0.3, 0.4) is 0 Å². The fourth-order valence-electron chi connectivity index (χ4n) is 17.5. The van der Waals surface area contributed by atoms with E-state index in [0.29, 0.717) is 17.5 Å². The predicted molar refractivity (Wildman–Crippen MR) is 446 cm³/mol. The van der Waals surface area contributed by atoms with Gasteiger partial charge in [-0.05, 0) is 178 Å². The molecule has 0 saturated carbocycles. The monoisotopic (exact) mass is 1370 g/mol. The van der Waals surface area contributed by atoms with Crippen LogP contribution in [0, 0.1) is 13.8 Å². The van der Waals surface area contributed by atoms with E-state index in [2.05, 4.69) is 286 Å². The summed E-state index contributed by atoms with van der Waals surface area (Å²) in [5, 5.41) is 6.85. The van der Waals surface area contributed by atoms with E-state index in [4.69, 9.17) is 19.4 Å². The van der Waals surface area contributed by atoms with Crippen molar-refractivity contribution in [3.05, 3.63) is 307 Å². The van der Waals surface area contributed by atoms with Crippen molar-refractivity contribution in [1.29, 1.82) is 0 Å². The first-order chi connectivity index (χ1) is 52.2. The number of para-hydroxylation sites is 2. The molecule has 1 aliphatic carbocycles. The average molecular weight is 1370 g/mol. The van der Waals surface area contributed by atoms with Crippen LogP contribution in [-0.2, 0) is 5.41 Å². The summed E-state index contributed by atoms with van der Waals surface area (Å²) in [7, 11) is 0. The second-order valence-electron chi connectivity index (χ2n) is 29.8. The van der Waals surface area contributed by atoms with Crippen LogP contribution in [0.5, 0.6) is 0 Å². The molecule has 6 nitrogen and oxygen atoms in total. The second-order valence-corrected chi connectivity index (χ2v) is 29.8. The van der Waals surface area contributed by atoms with E-state index in [-0.39, 0.29) is 5.41 Å². The molecule has 0 unspecified atom stereocenters. The fraction of sp³-hybridized carbons (Fsp3) is 0.190. The number of furan rings is 1. The van der Waals surface area contributed by atoms with Crippen molar-refractivity contribution in [2.75, 3.05) is 0 Å². The SMILES string of the molecule is CCCCCCCCC1(CCCCCCCC)c2cc(-c3ccc(-c4ccc(C)cc4)cc3)ccc2-c2ccc(-c3cc(C)cc(-n4c5ccccc5c5cc(-c6ccc7c(c6)c6ccc8c9ccccc9oc8c6n7-c6cccc(-c7nc(-c8ccccc8)nc(-c8ccccc8)n7)c6)ccc54)c3)cc21. The molecule has 0 amide bonds. The maximum absolute atomic E-state index is 6.95. The normalized spacial score (nSPS) is 12.6. The molecule has 13 aromatic carbocycles. The summed E-state index contributed by atoms with van der Waals surface area (Å²) in [5.41, 5.74) is 29.3. The van der Waals surface area contributed by atoms with Crippen LogP contribution in [0.2, 0.25) is 0 Å². The highest BCUT2D eigenvalue weighted by atomic mass is 16.3. The summed E-state index contributed by atoms with van der Waals surface area (Å²) < 4.78 is 11.8. The zero-order valence-electron chi connectivity index (χ0n) is 61.2. The van der Waals surface area contributed by atoms with Crippen LogP contribution in [0.15, 0.2) is 290 Å². The molecule has 0 N–H and O–H groups in total. The zero-order valence-corrected chi connectivity index (χ0v) is 61.2. The lowest BCUT2D eigenvalue weighted by molar-refractivity contribution is 0.398. The molecule has 17 aromatic rings. The number of aromatic nitrogens is 5. The third-order valence-corrected chi connectivity index (χ3v) is 22.9. The average Bonchev–Trinajstić information content (AvgIpc) is 1.57. The summed E-state index contributed by atoms with van der Waals surface area (Å²) >= 11 is 0. The van der Waals surface area contributed by atoms with Gasteiger partial charge in [0.1, 0.15) is 5.58 Å². The number of nitrogens with zero attached hydrogens (tertiary/aromatic N) is 5. The van der Waals surface area contributed by atoms with E-state index in [1.165, 1.54) is 171 Å². The largest absolute Gasteiger partial charge is 0.454 e. The first kappa shape index (κ1) is 66.2. The number of hydrogen-bond acceptors (Lipinski definition) is 4. The molecule has 4 aromatic heterocycles. The van der Waals surface area contributed by atoms with E-state index in [0.717, 1.165) is 90.1 Å². The maximum Gasteiger partial charge on any atom is 0.164 e.